The number of anilines is 1. The zero-order valence-electron chi connectivity index (χ0n) is 12.4. The molecule has 0 N–H and O–H groups in total. The van der Waals surface area contributed by atoms with Gasteiger partial charge in [0, 0.05) is 24.3 Å². The number of ketones is 1. The molecular formula is C16H22N2O. The molecule has 19 heavy (non-hydrogen) atoms. The fraction of sp³-hybridized carbons (Fsp3) is 0.500. The maximum atomic E-state index is 11.7. The average Bonchev–Trinajstić information content (AvgIpc) is 2.36. The Bertz CT molecular complexity index is 500. The van der Waals surface area contributed by atoms with Crippen LogP contribution in [0.2, 0.25) is 0 Å². The van der Waals surface area contributed by atoms with Gasteiger partial charge >= 0.3 is 0 Å². The highest BCUT2D eigenvalue weighted by atomic mass is 16.1. The first kappa shape index (κ1) is 15.2. The number of carbonyl (C=O) groups is 1. The Morgan fingerprint density at radius 3 is 2.47 bits per heavy atom. The van der Waals surface area contributed by atoms with E-state index in [0.29, 0.717) is 23.1 Å². The highest BCUT2D eigenvalue weighted by Crippen LogP contribution is 2.25. The van der Waals surface area contributed by atoms with Gasteiger partial charge in [0.25, 0.3) is 0 Å². The number of benzene rings is 1. The third kappa shape index (κ3) is 3.82. The molecule has 0 saturated carbocycles. The van der Waals surface area contributed by atoms with E-state index < -0.39 is 0 Å². The van der Waals surface area contributed by atoms with Gasteiger partial charge in [0.2, 0.25) is 0 Å². The van der Waals surface area contributed by atoms with E-state index in [1.54, 1.807) is 25.1 Å². The summed E-state index contributed by atoms with van der Waals surface area (Å²) in [5, 5.41) is 9.00. The molecule has 0 fully saturated rings. The van der Waals surface area contributed by atoms with E-state index in [0.717, 1.165) is 12.1 Å². The van der Waals surface area contributed by atoms with Gasteiger partial charge in [0.05, 0.1) is 11.6 Å². The van der Waals surface area contributed by atoms with Crippen LogP contribution >= 0.6 is 0 Å². The van der Waals surface area contributed by atoms with Crippen LogP contribution in [0.3, 0.4) is 0 Å². The molecule has 1 aromatic carbocycles. The third-order valence-corrected chi connectivity index (χ3v) is 3.36. The van der Waals surface area contributed by atoms with Gasteiger partial charge in [-0.05, 0) is 44.4 Å². The molecule has 0 bridgehead atoms. The van der Waals surface area contributed by atoms with Crippen LogP contribution in [-0.4, -0.2) is 18.9 Å². The lowest BCUT2D eigenvalue weighted by molar-refractivity contribution is 0.101. The second-order valence-corrected chi connectivity index (χ2v) is 5.49. The quantitative estimate of drug-likeness (QED) is 0.757. The molecule has 1 aromatic rings. The Balaban J connectivity index is 3.16. The SMILES string of the molecule is CC(=O)c1ccc(C#N)cc1N(C)C(C)CC(C)C. The first-order valence-electron chi connectivity index (χ1n) is 6.64. The van der Waals surface area contributed by atoms with Crippen molar-refractivity contribution in [2.24, 2.45) is 5.92 Å². The molecule has 1 unspecified atom stereocenters. The molecule has 0 aromatic heterocycles. The summed E-state index contributed by atoms with van der Waals surface area (Å²) >= 11 is 0. The molecule has 0 aliphatic heterocycles. The fourth-order valence-electron chi connectivity index (χ4n) is 2.27. The van der Waals surface area contributed by atoms with E-state index in [9.17, 15) is 4.79 Å². The van der Waals surface area contributed by atoms with Gasteiger partial charge in [0.1, 0.15) is 0 Å². The van der Waals surface area contributed by atoms with E-state index in [4.69, 9.17) is 5.26 Å². The molecule has 1 rings (SSSR count). The summed E-state index contributed by atoms with van der Waals surface area (Å²) in [5.41, 5.74) is 2.11. The number of carbonyl (C=O) groups excluding carboxylic acids is 1. The minimum atomic E-state index is 0.0306. The smallest absolute Gasteiger partial charge is 0.161 e. The summed E-state index contributed by atoms with van der Waals surface area (Å²) in [6.45, 7) is 8.07. The van der Waals surface area contributed by atoms with E-state index >= 15 is 0 Å². The predicted octanol–water partition coefficient (Wildman–Crippen LogP) is 3.63. The Morgan fingerprint density at radius 2 is 2.00 bits per heavy atom. The molecule has 0 amide bonds. The highest BCUT2D eigenvalue weighted by molar-refractivity contribution is 6.00. The van der Waals surface area contributed by atoms with Crippen molar-refractivity contribution >= 4 is 11.5 Å². The summed E-state index contributed by atoms with van der Waals surface area (Å²) < 4.78 is 0. The number of nitrogens with zero attached hydrogens (tertiary/aromatic N) is 2. The second-order valence-electron chi connectivity index (χ2n) is 5.49. The van der Waals surface area contributed by atoms with Crippen molar-refractivity contribution in [3.8, 4) is 6.07 Å². The maximum absolute atomic E-state index is 11.7. The normalized spacial score (nSPS) is 12.1. The molecule has 0 aliphatic carbocycles. The minimum absolute atomic E-state index is 0.0306. The van der Waals surface area contributed by atoms with Crippen LogP contribution in [0, 0.1) is 17.2 Å². The molecule has 3 heteroatoms. The van der Waals surface area contributed by atoms with E-state index in [1.165, 1.54) is 0 Å². The number of Topliss-reactive ketones (excluding diaryl/α,β-unsaturated/α-hetero) is 1. The monoisotopic (exact) mass is 258 g/mol. The van der Waals surface area contributed by atoms with Crippen LogP contribution in [0.4, 0.5) is 5.69 Å². The Morgan fingerprint density at radius 1 is 1.37 bits per heavy atom. The van der Waals surface area contributed by atoms with Gasteiger partial charge in [-0.2, -0.15) is 5.26 Å². The third-order valence-electron chi connectivity index (χ3n) is 3.36. The van der Waals surface area contributed by atoms with Crippen LogP contribution in [0.5, 0.6) is 0 Å². The van der Waals surface area contributed by atoms with Gasteiger partial charge in [-0.25, -0.2) is 0 Å². The van der Waals surface area contributed by atoms with Crippen molar-refractivity contribution < 1.29 is 4.79 Å². The Hall–Kier alpha value is -1.82. The van der Waals surface area contributed by atoms with Crippen molar-refractivity contribution in [3.63, 3.8) is 0 Å². The summed E-state index contributed by atoms with van der Waals surface area (Å²) in [4.78, 5) is 13.8. The molecule has 0 spiro atoms. The number of hydrogen-bond donors (Lipinski definition) is 0. The molecule has 0 heterocycles. The minimum Gasteiger partial charge on any atom is -0.371 e. The zero-order valence-corrected chi connectivity index (χ0v) is 12.4. The van der Waals surface area contributed by atoms with Crippen LogP contribution < -0.4 is 4.90 Å². The molecular weight excluding hydrogens is 236 g/mol. The molecule has 1 atom stereocenters. The first-order valence-corrected chi connectivity index (χ1v) is 6.64. The topological polar surface area (TPSA) is 44.1 Å². The fourth-order valence-corrected chi connectivity index (χ4v) is 2.27. The van der Waals surface area contributed by atoms with Crippen LogP contribution in [0.15, 0.2) is 18.2 Å². The van der Waals surface area contributed by atoms with Crippen molar-refractivity contribution in [2.45, 2.75) is 40.2 Å². The lowest BCUT2D eigenvalue weighted by atomic mass is 10.0. The van der Waals surface area contributed by atoms with Crippen LogP contribution in [0.1, 0.15) is 50.0 Å². The number of rotatable bonds is 5. The lowest BCUT2D eigenvalue weighted by Gasteiger charge is -2.30. The summed E-state index contributed by atoms with van der Waals surface area (Å²) in [7, 11) is 1.98. The number of hydrogen-bond acceptors (Lipinski definition) is 3. The molecule has 102 valence electrons. The van der Waals surface area contributed by atoms with Crippen LogP contribution in [0.25, 0.3) is 0 Å². The largest absolute Gasteiger partial charge is 0.371 e. The highest BCUT2D eigenvalue weighted by Gasteiger charge is 2.17. The molecule has 3 nitrogen and oxygen atoms in total. The Kier molecular flexibility index (Phi) is 5.11. The average molecular weight is 258 g/mol. The van der Waals surface area contributed by atoms with E-state index in [-0.39, 0.29) is 5.78 Å². The van der Waals surface area contributed by atoms with Crippen molar-refractivity contribution in [2.75, 3.05) is 11.9 Å². The van der Waals surface area contributed by atoms with Gasteiger partial charge in [-0.3, -0.25) is 4.79 Å². The van der Waals surface area contributed by atoms with E-state index in [2.05, 4.69) is 31.7 Å². The molecule has 0 radical (unpaired) electrons. The van der Waals surface area contributed by atoms with E-state index in [1.807, 2.05) is 7.05 Å². The predicted molar refractivity (Wildman–Crippen MR) is 78.5 cm³/mol. The summed E-state index contributed by atoms with van der Waals surface area (Å²) in [5.74, 6) is 0.625. The summed E-state index contributed by atoms with van der Waals surface area (Å²) in [6.07, 6.45) is 1.05. The number of nitriles is 1. The molecule has 0 aliphatic rings. The van der Waals surface area contributed by atoms with Gasteiger partial charge < -0.3 is 4.90 Å². The zero-order chi connectivity index (χ0) is 14.6. The van der Waals surface area contributed by atoms with Gasteiger partial charge in [-0.1, -0.05) is 13.8 Å². The maximum Gasteiger partial charge on any atom is 0.161 e. The standard InChI is InChI=1S/C16H22N2O/c1-11(2)8-12(3)18(5)16-9-14(10-17)6-7-15(16)13(4)19/h6-7,9,11-12H,8H2,1-5H3. The summed E-state index contributed by atoms with van der Waals surface area (Å²) in [6, 6.07) is 7.70. The Labute approximate surface area is 115 Å². The molecule has 0 saturated heterocycles. The van der Waals surface area contributed by atoms with Crippen molar-refractivity contribution in [1.82, 2.24) is 0 Å². The van der Waals surface area contributed by atoms with Crippen molar-refractivity contribution in [1.29, 1.82) is 5.26 Å². The van der Waals surface area contributed by atoms with Crippen molar-refractivity contribution in [3.05, 3.63) is 29.3 Å². The van der Waals surface area contributed by atoms with Gasteiger partial charge in [0.15, 0.2) is 5.78 Å². The lowest BCUT2D eigenvalue weighted by Crippen LogP contribution is -2.31. The first-order chi connectivity index (χ1) is 8.86. The van der Waals surface area contributed by atoms with Gasteiger partial charge in [-0.15, -0.1) is 0 Å². The van der Waals surface area contributed by atoms with Crippen LogP contribution in [-0.2, 0) is 0 Å². The second kappa shape index (κ2) is 6.38.